The first kappa shape index (κ1) is 61.2. The van der Waals surface area contributed by atoms with Crippen molar-refractivity contribution in [2.75, 3.05) is 105 Å². The molecular weight excluding hydrogens is 769 g/mol. The van der Waals surface area contributed by atoms with Crippen LogP contribution in [0.1, 0.15) is 219 Å². The molecule has 0 bridgehead atoms. The minimum Gasteiger partial charge on any atom is -0.395 e. The summed E-state index contributed by atoms with van der Waals surface area (Å²) in [4.78, 5) is 9.78. The maximum Gasteiger partial charge on any atom is 0.0558 e. The van der Waals surface area contributed by atoms with Gasteiger partial charge < -0.3 is 30.2 Å². The van der Waals surface area contributed by atoms with Gasteiger partial charge in [0.2, 0.25) is 0 Å². The van der Waals surface area contributed by atoms with Crippen molar-refractivity contribution in [3.05, 3.63) is 24.3 Å². The fourth-order valence-corrected chi connectivity index (χ4v) is 8.78. The predicted molar refractivity (Wildman–Crippen MR) is 271 cm³/mol. The zero-order chi connectivity index (χ0) is 45.1. The van der Waals surface area contributed by atoms with Crippen LogP contribution in [0.2, 0.25) is 0 Å². The molecule has 0 amide bonds. The first-order valence-corrected chi connectivity index (χ1v) is 27.3. The first-order chi connectivity index (χ1) is 30.6. The van der Waals surface area contributed by atoms with Crippen molar-refractivity contribution in [2.45, 2.75) is 219 Å². The average molecular weight is 879 g/mol. The number of hydrogen-bond donors (Lipinski definition) is 4. The Balaban J connectivity index is 4.71. The fraction of sp³-hybridized carbons (Fsp3) is 0.926. The Kier molecular flexibility index (Phi) is 52.1. The van der Waals surface area contributed by atoms with E-state index in [9.17, 15) is 20.4 Å². The Morgan fingerprint density at radius 2 is 0.419 bits per heavy atom. The summed E-state index contributed by atoms with van der Waals surface area (Å²) in [5.74, 6) is 0. The van der Waals surface area contributed by atoms with E-state index < -0.39 is 0 Å². The van der Waals surface area contributed by atoms with E-state index in [2.05, 4.69) is 57.8 Å². The third-order valence-corrected chi connectivity index (χ3v) is 12.7. The number of allylic oxidation sites excluding steroid dienone is 4. The Morgan fingerprint density at radius 3 is 0.677 bits per heavy atom. The van der Waals surface area contributed by atoms with Crippen LogP contribution in [0.4, 0.5) is 0 Å². The van der Waals surface area contributed by atoms with Gasteiger partial charge in [0.25, 0.3) is 0 Å². The van der Waals surface area contributed by atoms with E-state index in [1.807, 2.05) is 0 Å². The highest BCUT2D eigenvalue weighted by atomic mass is 16.3. The molecule has 0 heterocycles. The van der Waals surface area contributed by atoms with Crippen LogP contribution in [0.15, 0.2) is 24.3 Å². The SMILES string of the molecule is CCCCCCCC/C=C\CCCCCCCCN(CCCCN(CCCCCCCC/C=C\CCCCCCCC)CCCN(CCO)CCO)CCCN(CCO)CCO. The molecule has 0 spiro atoms. The van der Waals surface area contributed by atoms with Crippen molar-refractivity contribution in [1.82, 2.24) is 19.6 Å². The summed E-state index contributed by atoms with van der Waals surface area (Å²) in [7, 11) is 0. The Labute approximate surface area is 387 Å². The third kappa shape index (κ3) is 45.7. The van der Waals surface area contributed by atoms with Crippen molar-refractivity contribution < 1.29 is 20.4 Å². The van der Waals surface area contributed by atoms with Crippen LogP contribution in [-0.4, -0.2) is 145 Å². The Bertz CT molecular complexity index is 810. The predicted octanol–water partition coefficient (Wildman–Crippen LogP) is 11.8. The number of rotatable bonds is 53. The average Bonchev–Trinajstić information content (AvgIpc) is 3.27. The second kappa shape index (κ2) is 52.8. The van der Waals surface area contributed by atoms with Gasteiger partial charge in [0, 0.05) is 26.2 Å². The molecule has 0 rings (SSSR count). The van der Waals surface area contributed by atoms with Crippen LogP contribution in [0.3, 0.4) is 0 Å². The zero-order valence-corrected chi connectivity index (χ0v) is 41.8. The van der Waals surface area contributed by atoms with E-state index in [0.717, 1.165) is 52.1 Å². The molecule has 0 aromatic heterocycles. The molecule has 62 heavy (non-hydrogen) atoms. The molecule has 8 nitrogen and oxygen atoms in total. The van der Waals surface area contributed by atoms with Gasteiger partial charge in [-0.1, -0.05) is 154 Å². The molecule has 0 unspecified atom stereocenters. The lowest BCUT2D eigenvalue weighted by molar-refractivity contribution is 0.150. The number of hydrogen-bond acceptors (Lipinski definition) is 8. The monoisotopic (exact) mass is 879 g/mol. The normalized spacial score (nSPS) is 12.4. The van der Waals surface area contributed by atoms with Crippen LogP contribution in [0, 0.1) is 0 Å². The minimum atomic E-state index is 0.147. The molecule has 0 aromatic rings. The van der Waals surface area contributed by atoms with Crippen LogP contribution < -0.4 is 0 Å². The number of nitrogens with zero attached hydrogens (tertiary/aromatic N) is 4. The van der Waals surface area contributed by atoms with Gasteiger partial charge in [0.15, 0.2) is 0 Å². The van der Waals surface area contributed by atoms with E-state index >= 15 is 0 Å². The molecule has 370 valence electrons. The molecule has 0 atom stereocenters. The molecule has 4 N–H and O–H groups in total. The van der Waals surface area contributed by atoms with Crippen LogP contribution in [-0.2, 0) is 0 Å². The highest BCUT2D eigenvalue weighted by Crippen LogP contribution is 2.14. The molecule has 0 fully saturated rings. The molecule has 0 saturated carbocycles. The van der Waals surface area contributed by atoms with Crippen molar-refractivity contribution in [2.24, 2.45) is 0 Å². The second-order valence-electron chi connectivity index (χ2n) is 18.6. The Morgan fingerprint density at radius 1 is 0.226 bits per heavy atom. The van der Waals surface area contributed by atoms with Crippen LogP contribution >= 0.6 is 0 Å². The third-order valence-electron chi connectivity index (χ3n) is 12.7. The van der Waals surface area contributed by atoms with Gasteiger partial charge >= 0.3 is 0 Å². The maximum atomic E-state index is 9.50. The smallest absolute Gasteiger partial charge is 0.0558 e. The summed E-state index contributed by atoms with van der Waals surface area (Å²) >= 11 is 0. The summed E-state index contributed by atoms with van der Waals surface area (Å²) in [5, 5.41) is 38.0. The van der Waals surface area contributed by atoms with E-state index in [4.69, 9.17) is 0 Å². The van der Waals surface area contributed by atoms with Crippen molar-refractivity contribution >= 4 is 0 Å². The standard InChI is InChI=1S/C54H110N4O4/c1-3-5-7-9-11-13-15-17-19-21-23-25-27-29-31-33-39-55(43-37-45-57(47-51-59)48-52-60)41-35-36-42-56(44-38-46-58(49-53-61)50-54-62)40-34-32-30-28-26-24-22-20-18-16-14-12-10-8-6-4-2/h17-20,59-62H,3-16,21-54H2,1-2H3/b19-17-,20-18-. The second-order valence-corrected chi connectivity index (χ2v) is 18.6. The highest BCUT2D eigenvalue weighted by molar-refractivity contribution is 4.82. The summed E-state index contributed by atoms with van der Waals surface area (Å²) < 4.78 is 0. The van der Waals surface area contributed by atoms with E-state index in [-0.39, 0.29) is 26.4 Å². The summed E-state index contributed by atoms with van der Waals surface area (Å²) in [5.41, 5.74) is 0. The molecule has 0 saturated heterocycles. The van der Waals surface area contributed by atoms with E-state index in [1.54, 1.807) is 0 Å². The molecule has 8 heteroatoms. The lowest BCUT2D eigenvalue weighted by atomic mass is 10.1. The van der Waals surface area contributed by atoms with Gasteiger partial charge in [-0.2, -0.15) is 0 Å². The molecular formula is C54H110N4O4. The summed E-state index contributed by atoms with van der Waals surface area (Å²) in [6.45, 7) is 16.4. The van der Waals surface area contributed by atoms with E-state index in [1.165, 1.54) is 206 Å². The summed E-state index contributed by atoms with van der Waals surface area (Å²) in [6.07, 6.45) is 51.8. The van der Waals surface area contributed by atoms with Crippen LogP contribution in [0.25, 0.3) is 0 Å². The Hall–Kier alpha value is -0.840. The molecule has 0 radical (unpaired) electrons. The largest absolute Gasteiger partial charge is 0.395 e. The van der Waals surface area contributed by atoms with Gasteiger partial charge in [-0.05, 0) is 142 Å². The fourth-order valence-electron chi connectivity index (χ4n) is 8.78. The lowest BCUT2D eigenvalue weighted by Crippen LogP contribution is -2.35. The van der Waals surface area contributed by atoms with Gasteiger partial charge in [0.1, 0.15) is 0 Å². The lowest BCUT2D eigenvalue weighted by Gasteiger charge is -2.27. The number of unbranched alkanes of at least 4 members (excludes halogenated alkanes) is 25. The van der Waals surface area contributed by atoms with Crippen LogP contribution in [0.5, 0.6) is 0 Å². The van der Waals surface area contributed by atoms with Gasteiger partial charge in [0.05, 0.1) is 26.4 Å². The summed E-state index contributed by atoms with van der Waals surface area (Å²) in [6, 6.07) is 0. The quantitative estimate of drug-likeness (QED) is 0.0355. The van der Waals surface area contributed by atoms with Gasteiger partial charge in [-0.25, -0.2) is 0 Å². The first-order valence-electron chi connectivity index (χ1n) is 27.3. The van der Waals surface area contributed by atoms with Crippen molar-refractivity contribution in [3.8, 4) is 0 Å². The molecule has 0 aliphatic carbocycles. The van der Waals surface area contributed by atoms with Crippen molar-refractivity contribution in [3.63, 3.8) is 0 Å². The molecule has 0 aliphatic heterocycles. The maximum absolute atomic E-state index is 9.50. The van der Waals surface area contributed by atoms with Gasteiger partial charge in [-0.3, -0.25) is 9.80 Å². The van der Waals surface area contributed by atoms with E-state index in [0.29, 0.717) is 26.2 Å². The molecule has 0 aromatic carbocycles. The zero-order valence-electron chi connectivity index (χ0n) is 41.8. The topological polar surface area (TPSA) is 93.9 Å². The van der Waals surface area contributed by atoms with Crippen molar-refractivity contribution in [1.29, 1.82) is 0 Å². The number of aliphatic hydroxyl groups is 4. The highest BCUT2D eigenvalue weighted by Gasteiger charge is 2.11. The minimum absolute atomic E-state index is 0.147. The molecule has 0 aliphatic rings. The number of aliphatic hydroxyl groups excluding tert-OH is 4. The van der Waals surface area contributed by atoms with Gasteiger partial charge in [-0.15, -0.1) is 0 Å².